The number of nitrogens with zero attached hydrogens (tertiary/aromatic N) is 1. The number of hydrogen-bond donors (Lipinski definition) is 0. The molecule has 0 amide bonds. The lowest BCUT2D eigenvalue weighted by Gasteiger charge is -2.27. The fraction of sp³-hybridized carbons (Fsp3) is 0.760. The lowest BCUT2D eigenvalue weighted by Crippen LogP contribution is -2.33. The van der Waals surface area contributed by atoms with E-state index in [-0.39, 0.29) is 5.41 Å². The van der Waals surface area contributed by atoms with Crippen molar-refractivity contribution in [3.63, 3.8) is 0 Å². The zero-order valence-corrected chi connectivity index (χ0v) is 18.3. The zero-order valence-electron chi connectivity index (χ0n) is 18.3. The first kappa shape index (κ1) is 22.3. The summed E-state index contributed by atoms with van der Waals surface area (Å²) in [6, 6.07) is 8.88. The van der Waals surface area contributed by atoms with Crippen molar-refractivity contribution in [1.29, 1.82) is 0 Å². The summed E-state index contributed by atoms with van der Waals surface area (Å²) in [5, 5.41) is 0. The molecule has 2 heteroatoms. The lowest BCUT2D eigenvalue weighted by molar-refractivity contribution is 0.183. The Hall–Kier alpha value is -1.02. The van der Waals surface area contributed by atoms with Gasteiger partial charge in [-0.3, -0.25) is 4.90 Å². The molecule has 0 aliphatic carbocycles. The molecule has 0 saturated carbocycles. The van der Waals surface area contributed by atoms with Crippen molar-refractivity contribution in [2.75, 3.05) is 26.2 Å². The van der Waals surface area contributed by atoms with Crippen LogP contribution in [0.1, 0.15) is 97.0 Å². The van der Waals surface area contributed by atoms with Gasteiger partial charge in [-0.15, -0.1) is 0 Å². The van der Waals surface area contributed by atoms with Crippen LogP contribution < -0.4 is 4.74 Å². The predicted molar refractivity (Wildman–Crippen MR) is 118 cm³/mol. The van der Waals surface area contributed by atoms with E-state index in [2.05, 4.69) is 49.9 Å². The second kappa shape index (κ2) is 12.4. The smallest absolute Gasteiger partial charge is 0.119 e. The number of piperidine rings is 1. The Morgan fingerprint density at radius 3 is 2.15 bits per heavy atom. The van der Waals surface area contributed by atoms with Crippen LogP contribution in [0.4, 0.5) is 0 Å². The van der Waals surface area contributed by atoms with Gasteiger partial charge in [0.25, 0.3) is 0 Å². The van der Waals surface area contributed by atoms with Gasteiger partial charge in [-0.1, -0.05) is 84.3 Å². The molecular weight excluding hydrogens is 330 g/mol. The fourth-order valence-electron chi connectivity index (χ4n) is 4.15. The van der Waals surface area contributed by atoms with E-state index in [1.165, 1.54) is 89.3 Å². The quantitative estimate of drug-likeness (QED) is 0.346. The minimum atomic E-state index is 0.260. The van der Waals surface area contributed by atoms with E-state index in [1.807, 2.05) is 0 Å². The average Bonchev–Trinajstić information content (AvgIpc) is 2.68. The summed E-state index contributed by atoms with van der Waals surface area (Å²) < 4.78 is 5.98. The Kier molecular flexibility index (Phi) is 10.3. The van der Waals surface area contributed by atoms with Crippen LogP contribution in [-0.4, -0.2) is 31.1 Å². The van der Waals surface area contributed by atoms with Crippen molar-refractivity contribution >= 4 is 0 Å². The molecule has 1 fully saturated rings. The second-order valence-electron chi connectivity index (χ2n) is 9.03. The molecule has 0 N–H and O–H groups in total. The molecule has 1 heterocycles. The normalized spacial score (nSPS) is 15.8. The van der Waals surface area contributed by atoms with Crippen LogP contribution >= 0.6 is 0 Å². The van der Waals surface area contributed by atoms with Crippen LogP contribution in [0.3, 0.4) is 0 Å². The third-order valence-electron chi connectivity index (χ3n) is 6.17. The highest BCUT2D eigenvalue weighted by atomic mass is 16.5. The maximum Gasteiger partial charge on any atom is 0.119 e. The number of benzene rings is 1. The number of rotatable bonds is 13. The molecule has 27 heavy (non-hydrogen) atoms. The van der Waals surface area contributed by atoms with Gasteiger partial charge in [0, 0.05) is 6.54 Å². The van der Waals surface area contributed by atoms with Crippen LogP contribution in [0.2, 0.25) is 0 Å². The summed E-state index contributed by atoms with van der Waals surface area (Å²) in [5.74, 6) is 1.02. The van der Waals surface area contributed by atoms with E-state index < -0.39 is 0 Å². The second-order valence-corrected chi connectivity index (χ2v) is 9.03. The standard InChI is InChI=1S/C25H43NO/c1-4-5-6-7-8-9-11-18-25(2,3)23-14-16-24(17-15-23)27-22-21-26-19-12-10-13-20-26/h14-17H,4-13,18-22H2,1-3H3. The highest BCUT2D eigenvalue weighted by molar-refractivity contribution is 5.31. The van der Waals surface area contributed by atoms with Crippen molar-refractivity contribution in [3.05, 3.63) is 29.8 Å². The van der Waals surface area contributed by atoms with Gasteiger partial charge in [-0.2, -0.15) is 0 Å². The summed E-state index contributed by atoms with van der Waals surface area (Å²) in [6.45, 7) is 11.4. The first-order valence-corrected chi connectivity index (χ1v) is 11.6. The highest BCUT2D eigenvalue weighted by Crippen LogP contribution is 2.30. The minimum absolute atomic E-state index is 0.260. The summed E-state index contributed by atoms with van der Waals surface area (Å²) >= 11 is 0. The van der Waals surface area contributed by atoms with Crippen molar-refractivity contribution in [2.45, 2.75) is 96.8 Å². The van der Waals surface area contributed by atoms with Gasteiger partial charge >= 0.3 is 0 Å². The summed E-state index contributed by atoms with van der Waals surface area (Å²) in [4.78, 5) is 2.53. The molecule has 0 radical (unpaired) electrons. The molecule has 0 aromatic heterocycles. The van der Waals surface area contributed by atoms with Crippen LogP contribution in [0.25, 0.3) is 0 Å². The lowest BCUT2D eigenvalue weighted by atomic mass is 9.80. The Morgan fingerprint density at radius 1 is 0.852 bits per heavy atom. The van der Waals surface area contributed by atoms with Crippen molar-refractivity contribution < 1.29 is 4.74 Å². The Bertz CT molecular complexity index is 488. The predicted octanol–water partition coefficient (Wildman–Crippen LogP) is 6.97. The average molecular weight is 374 g/mol. The largest absolute Gasteiger partial charge is 0.492 e. The fourth-order valence-corrected chi connectivity index (χ4v) is 4.15. The van der Waals surface area contributed by atoms with E-state index in [0.29, 0.717) is 0 Å². The maximum absolute atomic E-state index is 5.98. The number of ether oxygens (including phenoxy) is 1. The van der Waals surface area contributed by atoms with Crippen LogP contribution in [0.5, 0.6) is 5.75 Å². The maximum atomic E-state index is 5.98. The van der Waals surface area contributed by atoms with E-state index in [1.54, 1.807) is 0 Å². The number of likely N-dealkylation sites (tertiary alicyclic amines) is 1. The van der Waals surface area contributed by atoms with Gasteiger partial charge in [0.05, 0.1) is 0 Å². The van der Waals surface area contributed by atoms with Crippen molar-refractivity contribution in [2.24, 2.45) is 0 Å². The van der Waals surface area contributed by atoms with Gasteiger partial charge in [0.15, 0.2) is 0 Å². The van der Waals surface area contributed by atoms with Crippen molar-refractivity contribution in [1.82, 2.24) is 4.90 Å². The molecule has 1 aromatic rings. The summed E-state index contributed by atoms with van der Waals surface area (Å²) in [6.07, 6.45) is 15.1. The SMILES string of the molecule is CCCCCCCCCC(C)(C)c1ccc(OCCN2CCCCC2)cc1. The highest BCUT2D eigenvalue weighted by Gasteiger charge is 2.20. The molecule has 1 aromatic carbocycles. The molecule has 0 spiro atoms. The molecule has 1 saturated heterocycles. The number of hydrogen-bond acceptors (Lipinski definition) is 2. The van der Waals surface area contributed by atoms with E-state index in [4.69, 9.17) is 4.74 Å². The topological polar surface area (TPSA) is 12.5 Å². The van der Waals surface area contributed by atoms with E-state index >= 15 is 0 Å². The van der Waals surface area contributed by atoms with Gasteiger partial charge < -0.3 is 4.74 Å². The van der Waals surface area contributed by atoms with Crippen LogP contribution in [-0.2, 0) is 5.41 Å². The summed E-state index contributed by atoms with van der Waals surface area (Å²) in [7, 11) is 0. The minimum Gasteiger partial charge on any atom is -0.492 e. The van der Waals surface area contributed by atoms with Crippen LogP contribution in [0, 0.1) is 0 Å². The monoisotopic (exact) mass is 373 g/mol. The third-order valence-corrected chi connectivity index (χ3v) is 6.17. The van der Waals surface area contributed by atoms with Gasteiger partial charge in [0.2, 0.25) is 0 Å². The summed E-state index contributed by atoms with van der Waals surface area (Å²) in [5.41, 5.74) is 1.70. The zero-order chi connectivity index (χ0) is 19.4. The Balaban J connectivity index is 1.66. The van der Waals surface area contributed by atoms with Gasteiger partial charge in [-0.25, -0.2) is 0 Å². The Morgan fingerprint density at radius 2 is 1.48 bits per heavy atom. The molecular formula is C25H43NO. The van der Waals surface area contributed by atoms with Gasteiger partial charge in [0.1, 0.15) is 12.4 Å². The third kappa shape index (κ3) is 8.68. The molecule has 0 unspecified atom stereocenters. The van der Waals surface area contributed by atoms with Gasteiger partial charge in [-0.05, 0) is 55.5 Å². The number of unbranched alkanes of at least 4 members (excludes halogenated alkanes) is 6. The van der Waals surface area contributed by atoms with E-state index in [9.17, 15) is 0 Å². The van der Waals surface area contributed by atoms with Crippen molar-refractivity contribution in [3.8, 4) is 5.75 Å². The molecule has 2 nitrogen and oxygen atoms in total. The van der Waals surface area contributed by atoms with E-state index in [0.717, 1.165) is 18.9 Å². The van der Waals surface area contributed by atoms with Crippen LogP contribution in [0.15, 0.2) is 24.3 Å². The Labute approximate surface area is 168 Å². The molecule has 0 bridgehead atoms. The first-order valence-electron chi connectivity index (χ1n) is 11.6. The molecule has 1 aliphatic rings. The molecule has 154 valence electrons. The first-order chi connectivity index (χ1) is 13.1. The molecule has 2 rings (SSSR count). The molecule has 0 atom stereocenters. The molecule has 1 aliphatic heterocycles.